The minimum Gasteiger partial charge on any atom is -0.493 e. The topological polar surface area (TPSA) is 44.8 Å². The molecule has 1 fully saturated rings. The lowest BCUT2D eigenvalue weighted by Crippen LogP contribution is -2.07. The summed E-state index contributed by atoms with van der Waals surface area (Å²) in [5.41, 5.74) is 0.901. The van der Waals surface area contributed by atoms with Gasteiger partial charge in [-0.1, -0.05) is 6.07 Å². The molecular formula is C14H18O4. The first-order valence-corrected chi connectivity index (χ1v) is 6.04. The summed E-state index contributed by atoms with van der Waals surface area (Å²) in [5, 5.41) is 0. The highest BCUT2D eigenvalue weighted by atomic mass is 16.5. The number of rotatable bonds is 4. The fourth-order valence-corrected chi connectivity index (χ4v) is 2.54. The molecular weight excluding hydrogens is 232 g/mol. The number of hydrogen-bond acceptors (Lipinski definition) is 4. The van der Waals surface area contributed by atoms with Gasteiger partial charge in [0.1, 0.15) is 5.78 Å². The lowest BCUT2D eigenvalue weighted by molar-refractivity contribution is -0.118. The Hall–Kier alpha value is -1.71. The van der Waals surface area contributed by atoms with Gasteiger partial charge in [-0.2, -0.15) is 0 Å². The van der Waals surface area contributed by atoms with Crippen LogP contribution in [0.1, 0.15) is 30.7 Å². The highest BCUT2D eigenvalue weighted by molar-refractivity contribution is 5.88. The number of Topliss-reactive ketones (excluding diaryl/α,β-unsaturated/α-hetero) is 1. The first-order chi connectivity index (χ1) is 8.72. The molecule has 0 radical (unpaired) electrons. The van der Waals surface area contributed by atoms with Gasteiger partial charge in [-0.05, 0) is 18.9 Å². The van der Waals surface area contributed by atoms with Gasteiger partial charge in [0.2, 0.25) is 5.75 Å². The molecule has 1 saturated carbocycles. The molecule has 4 heteroatoms. The number of ether oxygens (including phenoxy) is 3. The van der Waals surface area contributed by atoms with Crippen molar-refractivity contribution in [2.45, 2.75) is 25.2 Å². The van der Waals surface area contributed by atoms with E-state index in [1.807, 2.05) is 12.1 Å². The van der Waals surface area contributed by atoms with Crippen molar-refractivity contribution >= 4 is 5.78 Å². The smallest absolute Gasteiger partial charge is 0.203 e. The summed E-state index contributed by atoms with van der Waals surface area (Å²) >= 11 is 0. The molecule has 98 valence electrons. The van der Waals surface area contributed by atoms with Gasteiger partial charge in [0, 0.05) is 17.9 Å². The molecule has 0 heterocycles. The van der Waals surface area contributed by atoms with E-state index < -0.39 is 0 Å². The van der Waals surface area contributed by atoms with Crippen LogP contribution in [0.3, 0.4) is 0 Å². The minimum atomic E-state index is -0.0697. The molecule has 0 amide bonds. The number of benzene rings is 1. The Morgan fingerprint density at radius 3 is 2.28 bits per heavy atom. The van der Waals surface area contributed by atoms with Crippen molar-refractivity contribution in [3.05, 3.63) is 17.7 Å². The van der Waals surface area contributed by atoms with Gasteiger partial charge in [0.15, 0.2) is 11.5 Å². The second-order valence-electron chi connectivity index (χ2n) is 4.33. The lowest BCUT2D eigenvalue weighted by atomic mass is 9.95. The third kappa shape index (κ3) is 2.03. The highest BCUT2D eigenvalue weighted by Gasteiger charge is 2.30. The molecule has 4 nitrogen and oxygen atoms in total. The third-order valence-electron chi connectivity index (χ3n) is 3.41. The quantitative estimate of drug-likeness (QED) is 0.823. The van der Waals surface area contributed by atoms with E-state index in [4.69, 9.17) is 14.2 Å². The number of hydrogen-bond donors (Lipinski definition) is 0. The van der Waals surface area contributed by atoms with Crippen LogP contribution in [0.4, 0.5) is 0 Å². The average molecular weight is 250 g/mol. The van der Waals surface area contributed by atoms with Gasteiger partial charge < -0.3 is 14.2 Å². The van der Waals surface area contributed by atoms with Crippen LogP contribution in [-0.2, 0) is 4.79 Å². The van der Waals surface area contributed by atoms with Crippen molar-refractivity contribution < 1.29 is 19.0 Å². The fourth-order valence-electron chi connectivity index (χ4n) is 2.54. The molecule has 1 aromatic rings. The maximum atomic E-state index is 11.9. The fraction of sp³-hybridized carbons (Fsp3) is 0.500. The summed E-state index contributed by atoms with van der Waals surface area (Å²) in [6, 6.07) is 3.72. The molecule has 2 rings (SSSR count). The Balaban J connectivity index is 2.50. The molecule has 1 unspecified atom stereocenters. The summed E-state index contributed by atoms with van der Waals surface area (Å²) in [4.78, 5) is 11.9. The number of carbonyl (C=O) groups is 1. The van der Waals surface area contributed by atoms with Crippen molar-refractivity contribution in [2.24, 2.45) is 0 Å². The molecule has 1 aliphatic rings. The highest BCUT2D eigenvalue weighted by Crippen LogP contribution is 2.45. The molecule has 1 aliphatic carbocycles. The van der Waals surface area contributed by atoms with E-state index in [1.165, 1.54) is 0 Å². The predicted molar refractivity (Wildman–Crippen MR) is 67.7 cm³/mol. The zero-order chi connectivity index (χ0) is 13.1. The average Bonchev–Trinajstić information content (AvgIpc) is 2.82. The number of carbonyl (C=O) groups excluding carboxylic acids is 1. The summed E-state index contributed by atoms with van der Waals surface area (Å²) < 4.78 is 16.0. The van der Waals surface area contributed by atoms with Crippen molar-refractivity contribution in [2.75, 3.05) is 21.3 Å². The first kappa shape index (κ1) is 12.7. The van der Waals surface area contributed by atoms with Crippen LogP contribution >= 0.6 is 0 Å². The third-order valence-corrected chi connectivity index (χ3v) is 3.41. The van der Waals surface area contributed by atoms with Crippen molar-refractivity contribution in [3.63, 3.8) is 0 Å². The number of ketones is 1. The Labute approximate surface area is 107 Å². The molecule has 0 bridgehead atoms. The molecule has 0 aromatic heterocycles. The standard InChI is InChI=1S/C14H18O4/c1-16-12-8-7-10(9-5-4-6-11(9)15)13(17-2)14(12)18-3/h7-9H,4-6H2,1-3H3. The van der Waals surface area contributed by atoms with Crippen molar-refractivity contribution in [1.82, 2.24) is 0 Å². The van der Waals surface area contributed by atoms with Gasteiger partial charge in [0.05, 0.1) is 21.3 Å². The van der Waals surface area contributed by atoms with E-state index in [0.29, 0.717) is 23.7 Å². The van der Waals surface area contributed by atoms with Gasteiger partial charge in [0.25, 0.3) is 0 Å². The monoisotopic (exact) mass is 250 g/mol. The van der Waals surface area contributed by atoms with Crippen LogP contribution in [0, 0.1) is 0 Å². The van der Waals surface area contributed by atoms with E-state index >= 15 is 0 Å². The Kier molecular flexibility index (Phi) is 3.75. The van der Waals surface area contributed by atoms with Crippen molar-refractivity contribution in [3.8, 4) is 17.2 Å². The minimum absolute atomic E-state index is 0.0697. The van der Waals surface area contributed by atoms with Gasteiger partial charge in [-0.25, -0.2) is 0 Å². The second kappa shape index (κ2) is 5.29. The SMILES string of the molecule is COc1ccc(C2CCCC2=O)c(OC)c1OC. The summed E-state index contributed by atoms with van der Waals surface area (Å²) in [6.45, 7) is 0. The molecule has 0 spiro atoms. The van der Waals surface area contributed by atoms with Crippen LogP contribution in [0.25, 0.3) is 0 Å². The van der Waals surface area contributed by atoms with Crippen LogP contribution in [0.15, 0.2) is 12.1 Å². The molecule has 0 saturated heterocycles. The van der Waals surface area contributed by atoms with Gasteiger partial charge in [-0.3, -0.25) is 4.79 Å². The predicted octanol–water partition coefficient (Wildman–Crippen LogP) is 2.55. The first-order valence-electron chi connectivity index (χ1n) is 6.04. The summed E-state index contributed by atoms with van der Waals surface area (Å²) in [7, 11) is 4.73. The lowest BCUT2D eigenvalue weighted by Gasteiger charge is -2.18. The second-order valence-corrected chi connectivity index (χ2v) is 4.33. The Morgan fingerprint density at radius 1 is 1.06 bits per heavy atom. The van der Waals surface area contributed by atoms with Crippen LogP contribution in [-0.4, -0.2) is 27.1 Å². The zero-order valence-corrected chi connectivity index (χ0v) is 11.0. The van der Waals surface area contributed by atoms with E-state index in [1.54, 1.807) is 21.3 Å². The zero-order valence-electron chi connectivity index (χ0n) is 11.0. The van der Waals surface area contributed by atoms with Crippen LogP contribution in [0.5, 0.6) is 17.2 Å². The molecule has 1 atom stereocenters. The molecule has 1 aromatic carbocycles. The van der Waals surface area contributed by atoms with E-state index in [9.17, 15) is 4.79 Å². The van der Waals surface area contributed by atoms with Gasteiger partial charge >= 0.3 is 0 Å². The van der Waals surface area contributed by atoms with Crippen LogP contribution in [0.2, 0.25) is 0 Å². The molecule has 0 aliphatic heterocycles. The molecule has 0 N–H and O–H groups in total. The molecule has 18 heavy (non-hydrogen) atoms. The van der Waals surface area contributed by atoms with E-state index in [0.717, 1.165) is 18.4 Å². The van der Waals surface area contributed by atoms with Crippen LogP contribution < -0.4 is 14.2 Å². The van der Waals surface area contributed by atoms with Crippen molar-refractivity contribution in [1.29, 1.82) is 0 Å². The maximum absolute atomic E-state index is 11.9. The summed E-state index contributed by atoms with van der Waals surface area (Å²) in [5.74, 6) is 1.98. The maximum Gasteiger partial charge on any atom is 0.203 e. The largest absolute Gasteiger partial charge is 0.493 e. The van der Waals surface area contributed by atoms with Gasteiger partial charge in [-0.15, -0.1) is 0 Å². The Bertz CT molecular complexity index is 453. The summed E-state index contributed by atoms with van der Waals surface area (Å²) in [6.07, 6.45) is 2.48. The number of methoxy groups -OCH3 is 3. The van der Waals surface area contributed by atoms with E-state index in [-0.39, 0.29) is 11.7 Å². The van der Waals surface area contributed by atoms with E-state index in [2.05, 4.69) is 0 Å². The Morgan fingerprint density at radius 2 is 1.78 bits per heavy atom. The normalized spacial score (nSPS) is 18.8.